The summed E-state index contributed by atoms with van der Waals surface area (Å²) >= 11 is 0. The van der Waals surface area contributed by atoms with Crippen LogP contribution in [0.2, 0.25) is 0 Å². The van der Waals surface area contributed by atoms with Gasteiger partial charge in [-0.15, -0.1) is 0 Å². The number of methoxy groups -OCH3 is 1. The van der Waals surface area contributed by atoms with Crippen molar-refractivity contribution in [3.8, 4) is 11.5 Å². The number of nitrogens with zero attached hydrogens (tertiary/aromatic N) is 2. The lowest BCUT2D eigenvalue weighted by molar-refractivity contribution is 0.373. The molecular weight excluding hydrogens is 333 g/mol. The van der Waals surface area contributed by atoms with Gasteiger partial charge in [-0.3, -0.25) is 4.99 Å². The third kappa shape index (κ3) is 5.65. The minimum atomic E-state index is -0.237. The predicted molar refractivity (Wildman–Crippen MR) is 102 cm³/mol. The van der Waals surface area contributed by atoms with Crippen LogP contribution in [0.1, 0.15) is 18.1 Å². The maximum absolute atomic E-state index is 13.4. The number of ether oxygens (including phenoxy) is 1. The fourth-order valence-corrected chi connectivity index (χ4v) is 2.62. The number of hydrogen-bond acceptors (Lipinski definition) is 3. The van der Waals surface area contributed by atoms with Gasteiger partial charge in [-0.1, -0.05) is 18.2 Å². The first-order valence-electron chi connectivity index (χ1n) is 8.63. The van der Waals surface area contributed by atoms with Gasteiger partial charge in [-0.2, -0.15) is 0 Å². The zero-order valence-electron chi connectivity index (χ0n) is 15.5. The van der Waals surface area contributed by atoms with E-state index < -0.39 is 0 Å². The van der Waals surface area contributed by atoms with Gasteiger partial charge in [0, 0.05) is 26.7 Å². The molecule has 0 unspecified atom stereocenters. The Morgan fingerprint density at radius 2 is 2.04 bits per heavy atom. The molecule has 0 fully saturated rings. The Kier molecular flexibility index (Phi) is 7.26. The maximum atomic E-state index is 13.4. The lowest BCUT2D eigenvalue weighted by Crippen LogP contribution is -2.38. The van der Waals surface area contributed by atoms with Crippen LogP contribution in [-0.2, 0) is 13.0 Å². The monoisotopic (exact) mass is 359 g/mol. The molecule has 2 aromatic rings. The van der Waals surface area contributed by atoms with Crippen molar-refractivity contribution in [1.82, 2.24) is 10.2 Å². The van der Waals surface area contributed by atoms with Gasteiger partial charge in [0.25, 0.3) is 0 Å². The Balaban J connectivity index is 2.01. The fraction of sp³-hybridized carbons (Fsp3) is 0.350. The molecule has 0 aliphatic carbocycles. The van der Waals surface area contributed by atoms with Crippen molar-refractivity contribution in [1.29, 1.82) is 0 Å². The lowest BCUT2D eigenvalue weighted by Gasteiger charge is -2.22. The smallest absolute Gasteiger partial charge is 0.193 e. The highest BCUT2D eigenvalue weighted by Crippen LogP contribution is 2.26. The molecule has 0 amide bonds. The van der Waals surface area contributed by atoms with E-state index in [1.165, 1.54) is 19.2 Å². The number of phenolic OH excluding ortho intramolecular Hbond substituents is 1. The van der Waals surface area contributed by atoms with E-state index in [9.17, 15) is 9.50 Å². The van der Waals surface area contributed by atoms with Crippen molar-refractivity contribution >= 4 is 5.96 Å². The quantitative estimate of drug-likeness (QED) is 0.589. The van der Waals surface area contributed by atoms with Gasteiger partial charge in [-0.05, 0) is 48.7 Å². The first-order chi connectivity index (χ1) is 12.5. The van der Waals surface area contributed by atoms with Crippen LogP contribution in [-0.4, -0.2) is 43.2 Å². The van der Waals surface area contributed by atoms with Gasteiger partial charge in [0.15, 0.2) is 17.5 Å². The summed E-state index contributed by atoms with van der Waals surface area (Å²) in [5.41, 5.74) is 1.92. The van der Waals surface area contributed by atoms with Crippen LogP contribution in [0.15, 0.2) is 47.5 Å². The van der Waals surface area contributed by atoms with Gasteiger partial charge in [0.1, 0.15) is 5.82 Å². The highest BCUT2D eigenvalue weighted by Gasteiger charge is 2.08. The second-order valence-corrected chi connectivity index (χ2v) is 5.98. The normalized spacial score (nSPS) is 11.3. The first-order valence-corrected chi connectivity index (χ1v) is 8.63. The summed E-state index contributed by atoms with van der Waals surface area (Å²) in [6.07, 6.45) is 0.722. The number of aromatic hydroxyl groups is 1. The Labute approximate surface area is 154 Å². The molecule has 0 radical (unpaired) electrons. The molecule has 0 heterocycles. The summed E-state index contributed by atoms with van der Waals surface area (Å²) in [6.45, 7) is 3.91. The van der Waals surface area contributed by atoms with E-state index in [2.05, 4.69) is 10.3 Å². The third-order valence-electron chi connectivity index (χ3n) is 3.91. The molecule has 0 spiro atoms. The number of hydrogen-bond donors (Lipinski definition) is 2. The Morgan fingerprint density at radius 1 is 1.23 bits per heavy atom. The third-order valence-corrected chi connectivity index (χ3v) is 3.91. The molecule has 0 bridgehead atoms. The Hall–Kier alpha value is -2.76. The molecule has 26 heavy (non-hydrogen) atoms. The van der Waals surface area contributed by atoms with Crippen molar-refractivity contribution < 1.29 is 14.2 Å². The number of rotatable bonds is 7. The second kappa shape index (κ2) is 9.65. The largest absolute Gasteiger partial charge is 0.504 e. The standard InChI is InChI=1S/C20H26FN3O2/c1-4-22-20(24(2)14-16-6-5-7-17(21)12-16)23-11-10-15-8-9-18(25)19(13-15)26-3/h5-9,12-13,25H,4,10-11,14H2,1-3H3,(H,22,23). The van der Waals surface area contributed by atoms with Gasteiger partial charge in [-0.25, -0.2) is 4.39 Å². The molecule has 0 atom stereocenters. The van der Waals surface area contributed by atoms with E-state index in [0.717, 1.165) is 30.1 Å². The van der Waals surface area contributed by atoms with Crippen molar-refractivity contribution in [2.75, 3.05) is 27.2 Å². The minimum Gasteiger partial charge on any atom is -0.504 e. The average molecular weight is 359 g/mol. The van der Waals surface area contributed by atoms with Crippen LogP contribution in [0.25, 0.3) is 0 Å². The zero-order valence-corrected chi connectivity index (χ0v) is 15.5. The first kappa shape index (κ1) is 19.6. The SMILES string of the molecule is CCNC(=NCCc1ccc(O)c(OC)c1)N(C)Cc1cccc(F)c1. The van der Waals surface area contributed by atoms with E-state index in [4.69, 9.17) is 4.74 Å². The van der Waals surface area contributed by atoms with Crippen LogP contribution in [0, 0.1) is 5.82 Å². The van der Waals surface area contributed by atoms with Crippen LogP contribution in [0.4, 0.5) is 4.39 Å². The number of phenols is 1. The van der Waals surface area contributed by atoms with Crippen molar-refractivity contribution in [2.45, 2.75) is 19.9 Å². The molecule has 0 saturated carbocycles. The molecule has 0 aromatic heterocycles. The number of aliphatic imine (C=N–C) groups is 1. The lowest BCUT2D eigenvalue weighted by atomic mass is 10.1. The van der Waals surface area contributed by atoms with Crippen molar-refractivity contribution in [3.05, 3.63) is 59.4 Å². The highest BCUT2D eigenvalue weighted by atomic mass is 19.1. The second-order valence-electron chi connectivity index (χ2n) is 5.98. The number of halogens is 1. The minimum absolute atomic E-state index is 0.128. The summed E-state index contributed by atoms with van der Waals surface area (Å²) in [5, 5.41) is 12.9. The average Bonchev–Trinajstić information content (AvgIpc) is 2.62. The Bertz CT molecular complexity index is 750. The summed E-state index contributed by atoms with van der Waals surface area (Å²) in [4.78, 5) is 6.61. The molecule has 5 nitrogen and oxygen atoms in total. The van der Waals surface area contributed by atoms with E-state index in [1.54, 1.807) is 12.1 Å². The zero-order chi connectivity index (χ0) is 18.9. The Morgan fingerprint density at radius 3 is 2.73 bits per heavy atom. The molecule has 6 heteroatoms. The van der Waals surface area contributed by atoms with Crippen molar-refractivity contribution in [2.24, 2.45) is 4.99 Å². The van der Waals surface area contributed by atoms with Gasteiger partial charge in [0.2, 0.25) is 0 Å². The molecule has 2 rings (SSSR count). The summed E-state index contributed by atoms with van der Waals surface area (Å²) in [5.74, 6) is 1.12. The van der Waals surface area contributed by atoms with E-state index >= 15 is 0 Å². The van der Waals surface area contributed by atoms with Crippen molar-refractivity contribution in [3.63, 3.8) is 0 Å². The molecular formula is C20H26FN3O2. The van der Waals surface area contributed by atoms with Crippen LogP contribution in [0.3, 0.4) is 0 Å². The van der Waals surface area contributed by atoms with E-state index in [-0.39, 0.29) is 11.6 Å². The van der Waals surface area contributed by atoms with Gasteiger partial charge >= 0.3 is 0 Å². The summed E-state index contributed by atoms with van der Waals surface area (Å²) in [7, 11) is 3.46. The van der Waals surface area contributed by atoms with E-state index in [1.807, 2.05) is 37.1 Å². The number of guanidine groups is 1. The molecule has 0 aliphatic rings. The fourth-order valence-electron chi connectivity index (χ4n) is 2.62. The van der Waals surface area contributed by atoms with E-state index in [0.29, 0.717) is 18.8 Å². The molecule has 0 aliphatic heterocycles. The number of nitrogens with one attached hydrogen (secondary N) is 1. The van der Waals surface area contributed by atoms with Crippen LogP contribution < -0.4 is 10.1 Å². The van der Waals surface area contributed by atoms with Gasteiger partial charge in [0.05, 0.1) is 7.11 Å². The molecule has 140 valence electrons. The van der Waals surface area contributed by atoms with Gasteiger partial charge < -0.3 is 20.1 Å². The predicted octanol–water partition coefficient (Wildman–Crippen LogP) is 3.18. The molecule has 2 N–H and O–H groups in total. The summed E-state index contributed by atoms with van der Waals surface area (Å²) < 4.78 is 18.5. The maximum Gasteiger partial charge on any atom is 0.193 e. The molecule has 2 aromatic carbocycles. The van der Waals surface area contributed by atoms with Crippen LogP contribution in [0.5, 0.6) is 11.5 Å². The topological polar surface area (TPSA) is 57.1 Å². The summed E-state index contributed by atoms with van der Waals surface area (Å²) in [6, 6.07) is 11.9. The highest BCUT2D eigenvalue weighted by molar-refractivity contribution is 5.79. The molecule has 0 saturated heterocycles. The van der Waals surface area contributed by atoms with Crippen LogP contribution >= 0.6 is 0 Å². The number of benzene rings is 2.